The number of benzene rings is 4. The number of carbonyl (C=O) groups excluding carboxylic acids is 1. The fraction of sp³-hybridized carbons (Fsp3) is 0.0667. The molecule has 0 spiro atoms. The molecule has 172 valence electrons. The highest BCUT2D eigenvalue weighted by molar-refractivity contribution is 5.87. The predicted octanol–water partition coefficient (Wildman–Crippen LogP) is 6.94. The molecule has 1 heterocycles. The minimum absolute atomic E-state index is 0.142. The minimum Gasteiger partial charge on any atom is -0.489 e. The Kier molecular flexibility index (Phi) is 6.67. The lowest BCUT2D eigenvalue weighted by atomic mass is 10.0. The molecule has 0 aliphatic heterocycles. The summed E-state index contributed by atoms with van der Waals surface area (Å²) < 4.78 is 16.8. The molecule has 5 rings (SSSR count). The molecule has 0 fully saturated rings. The molecule has 0 bridgehead atoms. The van der Waals surface area contributed by atoms with E-state index in [1.54, 1.807) is 0 Å². The van der Waals surface area contributed by atoms with Gasteiger partial charge in [0.25, 0.3) is 0 Å². The molecule has 0 atom stereocenters. The van der Waals surface area contributed by atoms with E-state index in [9.17, 15) is 4.79 Å². The Hall–Kier alpha value is -4.64. The van der Waals surface area contributed by atoms with Crippen molar-refractivity contribution in [1.82, 2.24) is 4.98 Å². The first-order valence-corrected chi connectivity index (χ1v) is 11.3. The number of rotatable bonds is 8. The first kappa shape index (κ1) is 22.2. The smallest absolute Gasteiger partial charge is 0.360 e. The maximum atomic E-state index is 12.3. The maximum absolute atomic E-state index is 12.3. The molecule has 0 unspecified atom stereocenters. The van der Waals surface area contributed by atoms with Gasteiger partial charge in [-0.15, -0.1) is 0 Å². The highest BCUT2D eigenvalue weighted by Gasteiger charge is 2.15. The van der Waals surface area contributed by atoms with Crippen molar-refractivity contribution in [3.8, 4) is 28.3 Å². The standard InChI is InChI=1S/C30H23NO4/c32-30(35-20-23-10-5-2-6-11-23)28-21-34-29(31-28)25-16-14-24(15-17-25)26-12-7-13-27(18-26)33-19-22-8-3-1-4-9-22/h1-18,21H,19-20H2. The normalized spacial score (nSPS) is 10.6. The van der Waals surface area contributed by atoms with Crippen LogP contribution in [0.5, 0.6) is 5.75 Å². The first-order chi connectivity index (χ1) is 17.2. The summed E-state index contributed by atoms with van der Waals surface area (Å²) >= 11 is 0. The van der Waals surface area contributed by atoms with Crippen molar-refractivity contribution >= 4 is 5.97 Å². The molecule has 0 radical (unpaired) electrons. The molecule has 5 heteroatoms. The van der Waals surface area contributed by atoms with E-state index >= 15 is 0 Å². The van der Waals surface area contributed by atoms with Crippen LogP contribution in [0.4, 0.5) is 0 Å². The molecule has 35 heavy (non-hydrogen) atoms. The third kappa shape index (κ3) is 5.65. The third-order valence-corrected chi connectivity index (χ3v) is 5.47. The van der Waals surface area contributed by atoms with Gasteiger partial charge in [-0.05, 0) is 46.5 Å². The zero-order chi connectivity index (χ0) is 23.9. The molecule has 0 N–H and O–H groups in total. The summed E-state index contributed by atoms with van der Waals surface area (Å²) in [6, 6.07) is 35.4. The Morgan fingerprint density at radius 2 is 1.34 bits per heavy atom. The van der Waals surface area contributed by atoms with Gasteiger partial charge in [0.1, 0.15) is 25.2 Å². The van der Waals surface area contributed by atoms with Crippen molar-refractivity contribution in [2.75, 3.05) is 0 Å². The van der Waals surface area contributed by atoms with Crippen molar-refractivity contribution in [3.63, 3.8) is 0 Å². The summed E-state index contributed by atoms with van der Waals surface area (Å²) in [6.45, 7) is 0.703. The third-order valence-electron chi connectivity index (χ3n) is 5.47. The fourth-order valence-electron chi connectivity index (χ4n) is 3.61. The molecule has 0 saturated carbocycles. The van der Waals surface area contributed by atoms with E-state index in [1.165, 1.54) is 6.26 Å². The second-order valence-corrected chi connectivity index (χ2v) is 7.98. The summed E-state index contributed by atoms with van der Waals surface area (Å²) in [7, 11) is 0. The molecule has 0 aliphatic carbocycles. The van der Waals surface area contributed by atoms with E-state index in [1.807, 2.05) is 109 Å². The molecular weight excluding hydrogens is 438 g/mol. The van der Waals surface area contributed by atoms with Gasteiger partial charge >= 0.3 is 5.97 Å². The molecule has 1 aromatic heterocycles. The van der Waals surface area contributed by atoms with Crippen LogP contribution in [0.15, 0.2) is 120 Å². The van der Waals surface area contributed by atoms with Gasteiger partial charge in [0.2, 0.25) is 5.89 Å². The van der Waals surface area contributed by atoms with Crippen LogP contribution in [0.1, 0.15) is 21.6 Å². The number of aromatic nitrogens is 1. The van der Waals surface area contributed by atoms with E-state index in [0.717, 1.165) is 33.6 Å². The van der Waals surface area contributed by atoms with E-state index in [4.69, 9.17) is 13.9 Å². The van der Waals surface area contributed by atoms with Crippen molar-refractivity contribution in [1.29, 1.82) is 0 Å². The van der Waals surface area contributed by atoms with Crippen molar-refractivity contribution in [2.24, 2.45) is 0 Å². The van der Waals surface area contributed by atoms with Crippen LogP contribution < -0.4 is 4.74 Å². The highest BCUT2D eigenvalue weighted by Crippen LogP contribution is 2.27. The van der Waals surface area contributed by atoms with Crippen LogP contribution in [0.25, 0.3) is 22.6 Å². The average molecular weight is 462 g/mol. The van der Waals surface area contributed by atoms with E-state index < -0.39 is 5.97 Å². The Balaban J connectivity index is 1.23. The van der Waals surface area contributed by atoms with Gasteiger partial charge in [-0.1, -0.05) is 84.9 Å². The lowest BCUT2D eigenvalue weighted by Crippen LogP contribution is -2.05. The van der Waals surface area contributed by atoms with Crippen LogP contribution in [-0.2, 0) is 18.0 Å². The number of hydrogen-bond donors (Lipinski definition) is 0. The number of carbonyl (C=O) groups is 1. The van der Waals surface area contributed by atoms with Gasteiger partial charge < -0.3 is 13.9 Å². The number of esters is 1. The summed E-state index contributed by atoms with van der Waals surface area (Å²) in [6.07, 6.45) is 1.32. The Labute approximate surface area is 203 Å². The largest absolute Gasteiger partial charge is 0.489 e. The van der Waals surface area contributed by atoms with Gasteiger partial charge in [0, 0.05) is 5.56 Å². The van der Waals surface area contributed by atoms with E-state index in [-0.39, 0.29) is 12.3 Å². The lowest BCUT2D eigenvalue weighted by Gasteiger charge is -2.09. The molecule has 4 aromatic carbocycles. The topological polar surface area (TPSA) is 61.6 Å². The van der Waals surface area contributed by atoms with Crippen molar-refractivity contribution in [2.45, 2.75) is 13.2 Å². The van der Waals surface area contributed by atoms with Crippen LogP contribution in [-0.4, -0.2) is 11.0 Å². The first-order valence-electron chi connectivity index (χ1n) is 11.3. The SMILES string of the molecule is O=C(OCc1ccccc1)c1coc(-c2ccc(-c3cccc(OCc4ccccc4)c3)cc2)n1. The van der Waals surface area contributed by atoms with Gasteiger partial charge in [-0.3, -0.25) is 0 Å². The van der Waals surface area contributed by atoms with E-state index in [0.29, 0.717) is 12.5 Å². The van der Waals surface area contributed by atoms with Crippen LogP contribution >= 0.6 is 0 Å². The van der Waals surface area contributed by atoms with Crippen LogP contribution in [0, 0.1) is 0 Å². The van der Waals surface area contributed by atoms with Gasteiger partial charge in [0.15, 0.2) is 5.69 Å². The van der Waals surface area contributed by atoms with Crippen LogP contribution in [0.2, 0.25) is 0 Å². The molecule has 0 aliphatic rings. The summed E-state index contributed by atoms with van der Waals surface area (Å²) in [4.78, 5) is 16.6. The lowest BCUT2D eigenvalue weighted by molar-refractivity contribution is 0.0465. The van der Waals surface area contributed by atoms with Crippen molar-refractivity contribution < 1.29 is 18.7 Å². The number of oxazole rings is 1. The molecular formula is C30H23NO4. The maximum Gasteiger partial charge on any atom is 0.360 e. The summed E-state index contributed by atoms with van der Waals surface area (Å²) in [5, 5.41) is 0. The van der Waals surface area contributed by atoms with Crippen LogP contribution in [0.3, 0.4) is 0 Å². The van der Waals surface area contributed by atoms with E-state index in [2.05, 4.69) is 4.98 Å². The zero-order valence-corrected chi connectivity index (χ0v) is 19.0. The van der Waals surface area contributed by atoms with Gasteiger partial charge in [-0.2, -0.15) is 0 Å². The second kappa shape index (κ2) is 10.5. The number of hydrogen-bond acceptors (Lipinski definition) is 5. The Morgan fingerprint density at radius 3 is 2.06 bits per heavy atom. The molecule has 0 saturated heterocycles. The van der Waals surface area contributed by atoms with Gasteiger partial charge in [0.05, 0.1) is 0 Å². The highest BCUT2D eigenvalue weighted by atomic mass is 16.5. The number of ether oxygens (including phenoxy) is 2. The summed E-state index contributed by atoms with van der Waals surface area (Å²) in [5.41, 5.74) is 5.02. The summed E-state index contributed by atoms with van der Waals surface area (Å²) in [5.74, 6) is 0.651. The van der Waals surface area contributed by atoms with Crippen molar-refractivity contribution in [3.05, 3.63) is 132 Å². The molecule has 5 nitrogen and oxygen atoms in total. The van der Waals surface area contributed by atoms with Gasteiger partial charge in [-0.25, -0.2) is 9.78 Å². The Morgan fingerprint density at radius 1 is 0.686 bits per heavy atom. The minimum atomic E-state index is -0.521. The quantitative estimate of drug-likeness (QED) is 0.234. The predicted molar refractivity (Wildman–Crippen MR) is 134 cm³/mol. The second-order valence-electron chi connectivity index (χ2n) is 7.98. The molecule has 0 amide bonds. The number of nitrogens with zero attached hydrogens (tertiary/aromatic N) is 1. The zero-order valence-electron chi connectivity index (χ0n) is 19.0. The average Bonchev–Trinajstić information content (AvgIpc) is 3.43. The Bertz CT molecular complexity index is 1390. The monoisotopic (exact) mass is 461 g/mol. The fourth-order valence-corrected chi connectivity index (χ4v) is 3.61. The molecule has 5 aromatic rings.